The molecule has 0 saturated heterocycles. The maximum atomic E-state index is 12.5. The van der Waals surface area contributed by atoms with Crippen LogP contribution in [0.3, 0.4) is 0 Å². The molecule has 110 valence electrons. The summed E-state index contributed by atoms with van der Waals surface area (Å²) >= 11 is 0. The molecule has 1 saturated carbocycles. The smallest absolute Gasteiger partial charge is 0.257 e. The molecule has 0 radical (unpaired) electrons. The number of hydrogen-bond donors (Lipinski definition) is 2. The summed E-state index contributed by atoms with van der Waals surface area (Å²) in [6, 6.07) is 5.21. The third-order valence-corrected chi connectivity index (χ3v) is 3.65. The first-order valence-corrected chi connectivity index (χ1v) is 6.97. The number of hydrogen-bond acceptors (Lipinski definition) is 4. The fourth-order valence-corrected chi connectivity index (χ4v) is 2.55. The van der Waals surface area contributed by atoms with Gasteiger partial charge in [-0.25, -0.2) is 0 Å². The highest BCUT2D eigenvalue weighted by Crippen LogP contribution is 2.30. The fourth-order valence-electron chi connectivity index (χ4n) is 2.55. The predicted molar refractivity (Wildman–Crippen MR) is 77.7 cm³/mol. The third kappa shape index (κ3) is 3.04. The molecular weight excluding hydrogens is 256 g/mol. The lowest BCUT2D eigenvalue weighted by molar-refractivity contribution is 0.0264. The highest BCUT2D eigenvalue weighted by Gasteiger charge is 2.30. The third-order valence-electron chi connectivity index (χ3n) is 3.65. The van der Waals surface area contributed by atoms with Crippen LogP contribution in [0.5, 0.6) is 5.75 Å². The number of nitrogens with two attached hydrogens (primary N) is 1. The van der Waals surface area contributed by atoms with Crippen LogP contribution >= 0.6 is 0 Å². The normalized spacial score (nSPS) is 21.1. The zero-order chi connectivity index (χ0) is 14.7. The molecule has 1 aliphatic carbocycles. The van der Waals surface area contributed by atoms with Crippen molar-refractivity contribution in [2.45, 2.75) is 25.9 Å². The first kappa shape index (κ1) is 14.7. The minimum absolute atomic E-state index is 0.0952. The Labute approximate surface area is 119 Å². The topological polar surface area (TPSA) is 75.8 Å². The molecule has 5 heteroatoms. The fraction of sp³-hybridized carbons (Fsp3) is 0.533. The first-order valence-electron chi connectivity index (χ1n) is 6.97. The Morgan fingerprint density at radius 3 is 2.80 bits per heavy atom. The Hall–Kier alpha value is -1.75. The number of amides is 1. The van der Waals surface area contributed by atoms with Gasteiger partial charge >= 0.3 is 0 Å². The van der Waals surface area contributed by atoms with Crippen LogP contribution in [-0.4, -0.2) is 42.2 Å². The SMILES string of the molecule is CCOc1c(N)cccc1C(=O)N(C)CC1CC(O)C1. The highest BCUT2D eigenvalue weighted by molar-refractivity contribution is 5.98. The van der Waals surface area contributed by atoms with Gasteiger partial charge in [-0.2, -0.15) is 0 Å². The van der Waals surface area contributed by atoms with E-state index in [-0.39, 0.29) is 12.0 Å². The molecule has 0 unspecified atom stereocenters. The first-order chi connectivity index (χ1) is 9.52. The van der Waals surface area contributed by atoms with Gasteiger partial charge in [0.1, 0.15) is 0 Å². The van der Waals surface area contributed by atoms with E-state index in [1.807, 2.05) is 6.92 Å². The molecule has 1 aromatic rings. The van der Waals surface area contributed by atoms with E-state index < -0.39 is 0 Å². The maximum absolute atomic E-state index is 12.5. The second kappa shape index (κ2) is 6.13. The molecule has 1 amide bonds. The van der Waals surface area contributed by atoms with Crippen LogP contribution in [0.4, 0.5) is 5.69 Å². The van der Waals surface area contributed by atoms with Gasteiger partial charge in [-0.15, -0.1) is 0 Å². The summed E-state index contributed by atoms with van der Waals surface area (Å²) in [5.74, 6) is 0.748. The van der Waals surface area contributed by atoms with Crippen LogP contribution in [0.2, 0.25) is 0 Å². The number of aliphatic hydroxyl groups excluding tert-OH is 1. The lowest BCUT2D eigenvalue weighted by atomic mass is 9.82. The van der Waals surface area contributed by atoms with Gasteiger partial charge in [0.15, 0.2) is 5.75 Å². The van der Waals surface area contributed by atoms with Crippen molar-refractivity contribution in [3.05, 3.63) is 23.8 Å². The number of nitrogen functional groups attached to an aromatic ring is 1. The van der Waals surface area contributed by atoms with Crippen molar-refractivity contribution in [1.29, 1.82) is 0 Å². The van der Waals surface area contributed by atoms with Gasteiger partial charge < -0.3 is 20.5 Å². The quantitative estimate of drug-likeness (QED) is 0.801. The molecule has 1 aliphatic rings. The van der Waals surface area contributed by atoms with Crippen LogP contribution in [0, 0.1) is 5.92 Å². The van der Waals surface area contributed by atoms with Gasteiger partial charge in [0.05, 0.1) is 24.0 Å². The minimum atomic E-state index is -0.199. The molecule has 20 heavy (non-hydrogen) atoms. The van der Waals surface area contributed by atoms with E-state index in [2.05, 4.69) is 0 Å². The number of anilines is 1. The van der Waals surface area contributed by atoms with Crippen molar-refractivity contribution in [3.63, 3.8) is 0 Å². The average Bonchev–Trinajstić information content (AvgIpc) is 2.38. The molecule has 0 aliphatic heterocycles. The van der Waals surface area contributed by atoms with Crippen molar-refractivity contribution >= 4 is 11.6 Å². The van der Waals surface area contributed by atoms with Crippen LogP contribution in [0.1, 0.15) is 30.1 Å². The zero-order valence-electron chi connectivity index (χ0n) is 12.0. The molecule has 0 heterocycles. The summed E-state index contributed by atoms with van der Waals surface area (Å²) in [6.07, 6.45) is 1.34. The van der Waals surface area contributed by atoms with E-state index in [0.717, 1.165) is 12.8 Å². The summed E-state index contributed by atoms with van der Waals surface area (Å²) in [6.45, 7) is 2.98. The monoisotopic (exact) mass is 278 g/mol. The van der Waals surface area contributed by atoms with Crippen molar-refractivity contribution in [2.24, 2.45) is 5.92 Å². The number of carbonyl (C=O) groups is 1. The average molecular weight is 278 g/mol. The number of rotatable bonds is 5. The number of aliphatic hydroxyl groups is 1. The van der Waals surface area contributed by atoms with E-state index in [0.29, 0.717) is 36.1 Å². The summed E-state index contributed by atoms with van der Waals surface area (Å²) in [5, 5.41) is 9.30. The van der Waals surface area contributed by atoms with Crippen LogP contribution in [0.15, 0.2) is 18.2 Å². The maximum Gasteiger partial charge on any atom is 0.257 e. The van der Waals surface area contributed by atoms with Crippen LogP contribution in [-0.2, 0) is 0 Å². The van der Waals surface area contributed by atoms with E-state index in [9.17, 15) is 9.90 Å². The van der Waals surface area contributed by atoms with Gasteiger partial charge in [-0.1, -0.05) is 6.07 Å². The summed E-state index contributed by atoms with van der Waals surface area (Å²) in [4.78, 5) is 14.2. The van der Waals surface area contributed by atoms with Gasteiger partial charge in [0, 0.05) is 13.6 Å². The van der Waals surface area contributed by atoms with Crippen LogP contribution in [0.25, 0.3) is 0 Å². The Morgan fingerprint density at radius 1 is 1.50 bits per heavy atom. The molecule has 0 spiro atoms. The van der Waals surface area contributed by atoms with Crippen molar-refractivity contribution in [3.8, 4) is 5.75 Å². The Balaban J connectivity index is 2.09. The predicted octanol–water partition coefficient (Wildman–Crippen LogP) is 1.51. The van der Waals surface area contributed by atoms with E-state index >= 15 is 0 Å². The van der Waals surface area contributed by atoms with Gasteiger partial charge in [-0.3, -0.25) is 4.79 Å². The van der Waals surface area contributed by atoms with Gasteiger partial charge in [0.2, 0.25) is 0 Å². The number of nitrogens with zero attached hydrogens (tertiary/aromatic N) is 1. The van der Waals surface area contributed by atoms with E-state index in [1.165, 1.54) is 0 Å². The second-order valence-corrected chi connectivity index (χ2v) is 5.33. The number of para-hydroxylation sites is 1. The lowest BCUT2D eigenvalue weighted by Gasteiger charge is -2.34. The highest BCUT2D eigenvalue weighted by atomic mass is 16.5. The largest absolute Gasteiger partial charge is 0.491 e. The van der Waals surface area contributed by atoms with E-state index in [4.69, 9.17) is 10.5 Å². The van der Waals surface area contributed by atoms with Gasteiger partial charge in [-0.05, 0) is 37.8 Å². The molecule has 1 aromatic carbocycles. The Kier molecular flexibility index (Phi) is 4.49. The Morgan fingerprint density at radius 2 is 2.20 bits per heavy atom. The summed E-state index contributed by atoms with van der Waals surface area (Å²) in [7, 11) is 1.77. The molecule has 0 atom stereocenters. The van der Waals surface area contributed by atoms with Gasteiger partial charge in [0.25, 0.3) is 5.91 Å². The molecule has 1 fully saturated rings. The number of ether oxygens (including phenoxy) is 1. The zero-order valence-corrected chi connectivity index (χ0v) is 12.0. The van der Waals surface area contributed by atoms with Crippen molar-refractivity contribution in [2.75, 3.05) is 25.9 Å². The van der Waals surface area contributed by atoms with E-state index in [1.54, 1.807) is 30.1 Å². The molecule has 0 aromatic heterocycles. The molecular formula is C15H22N2O3. The molecule has 5 nitrogen and oxygen atoms in total. The van der Waals surface area contributed by atoms with Crippen LogP contribution < -0.4 is 10.5 Å². The minimum Gasteiger partial charge on any atom is -0.491 e. The summed E-state index contributed by atoms with van der Waals surface area (Å²) in [5.41, 5.74) is 6.85. The number of benzene rings is 1. The summed E-state index contributed by atoms with van der Waals surface area (Å²) < 4.78 is 5.49. The second-order valence-electron chi connectivity index (χ2n) is 5.33. The molecule has 3 N–H and O–H groups in total. The number of carbonyl (C=O) groups excluding carboxylic acids is 1. The standard InChI is InChI=1S/C15H22N2O3/c1-3-20-14-12(5-4-6-13(14)16)15(19)17(2)9-10-7-11(18)8-10/h4-6,10-11,18H,3,7-9,16H2,1-2H3. The molecule has 2 rings (SSSR count). The molecule has 0 bridgehead atoms. The van der Waals surface area contributed by atoms with Crippen molar-refractivity contribution < 1.29 is 14.6 Å². The van der Waals surface area contributed by atoms with Crippen molar-refractivity contribution in [1.82, 2.24) is 4.90 Å². The lowest BCUT2D eigenvalue weighted by Crippen LogP contribution is -2.39. The Bertz CT molecular complexity index is 484.